The van der Waals surface area contributed by atoms with E-state index in [4.69, 9.17) is 10.4 Å². The number of carboxylic acid groups (broad SMARTS) is 1. The zero-order valence-corrected chi connectivity index (χ0v) is 9.24. The molecule has 1 aromatic carbocycles. The van der Waals surface area contributed by atoms with E-state index >= 15 is 0 Å². The molecule has 0 bridgehead atoms. The van der Waals surface area contributed by atoms with Crippen molar-refractivity contribution >= 4 is 5.97 Å². The third kappa shape index (κ3) is 3.71. The first-order chi connectivity index (χ1) is 9.15. The summed E-state index contributed by atoms with van der Waals surface area (Å²) in [6, 6.07) is 2.27. The molecule has 1 rings (SSSR count). The van der Waals surface area contributed by atoms with Crippen molar-refractivity contribution < 1.29 is 41.3 Å². The highest BCUT2D eigenvalue weighted by Crippen LogP contribution is 2.37. The standard InChI is InChI=1S/C10H4F5NO4/c11-9(12)19-7-5(3-16)4(8(17)18)1-2-6(7)20-10(13,14)15/h1-2,9H,(H,17,18). The lowest BCUT2D eigenvalue weighted by molar-refractivity contribution is -0.275. The summed E-state index contributed by atoms with van der Waals surface area (Å²) in [5.74, 6) is -4.22. The second kappa shape index (κ2) is 5.60. The summed E-state index contributed by atoms with van der Waals surface area (Å²) in [5, 5.41) is 17.4. The van der Waals surface area contributed by atoms with Gasteiger partial charge in [0.1, 0.15) is 11.6 Å². The summed E-state index contributed by atoms with van der Waals surface area (Å²) < 4.78 is 67.8. The summed E-state index contributed by atoms with van der Waals surface area (Å²) in [6.45, 7) is -3.57. The number of hydrogen-bond donors (Lipinski definition) is 1. The van der Waals surface area contributed by atoms with Gasteiger partial charge in [-0.1, -0.05) is 0 Å². The van der Waals surface area contributed by atoms with Gasteiger partial charge in [-0.15, -0.1) is 13.2 Å². The number of carboxylic acids is 1. The highest BCUT2D eigenvalue weighted by molar-refractivity contribution is 5.92. The molecule has 0 radical (unpaired) electrons. The normalized spacial score (nSPS) is 11.1. The number of rotatable bonds is 4. The lowest BCUT2D eigenvalue weighted by Gasteiger charge is -2.15. The largest absolute Gasteiger partial charge is 0.573 e. The molecule has 0 saturated carbocycles. The van der Waals surface area contributed by atoms with Crippen LogP contribution in [0.2, 0.25) is 0 Å². The van der Waals surface area contributed by atoms with E-state index in [0.717, 1.165) is 0 Å². The van der Waals surface area contributed by atoms with Gasteiger partial charge >= 0.3 is 18.9 Å². The zero-order chi connectivity index (χ0) is 15.5. The molecule has 0 heterocycles. The Labute approximate surface area is 107 Å². The van der Waals surface area contributed by atoms with Crippen LogP contribution in [0.25, 0.3) is 0 Å². The molecule has 0 unspecified atom stereocenters. The molecule has 0 aromatic heterocycles. The van der Waals surface area contributed by atoms with Crippen molar-refractivity contribution in [2.24, 2.45) is 0 Å². The number of aromatic carboxylic acids is 1. The number of nitriles is 1. The molecule has 5 nitrogen and oxygen atoms in total. The van der Waals surface area contributed by atoms with Crippen molar-refractivity contribution in [3.05, 3.63) is 23.3 Å². The molecule has 0 saturated heterocycles. The first kappa shape index (κ1) is 15.5. The number of halogens is 5. The summed E-state index contributed by atoms with van der Waals surface area (Å²) in [4.78, 5) is 10.8. The molecule has 0 fully saturated rings. The van der Waals surface area contributed by atoms with E-state index in [1.54, 1.807) is 0 Å². The number of hydrogen-bond acceptors (Lipinski definition) is 4. The third-order valence-electron chi connectivity index (χ3n) is 1.90. The molecule has 10 heteroatoms. The van der Waals surface area contributed by atoms with Gasteiger partial charge in [0.2, 0.25) is 0 Å². The molecule has 108 valence electrons. The lowest BCUT2D eigenvalue weighted by Crippen LogP contribution is -2.19. The number of ether oxygens (including phenoxy) is 2. The summed E-state index contributed by atoms with van der Waals surface area (Å²) >= 11 is 0. The Morgan fingerprint density at radius 2 is 1.95 bits per heavy atom. The first-order valence-electron chi connectivity index (χ1n) is 4.66. The highest BCUT2D eigenvalue weighted by atomic mass is 19.4. The molecule has 0 spiro atoms. The number of alkyl halides is 5. The number of benzene rings is 1. The molecule has 0 atom stereocenters. The SMILES string of the molecule is N#Cc1c(C(=O)O)ccc(OC(F)(F)F)c1OC(F)F. The molecule has 0 aliphatic carbocycles. The third-order valence-corrected chi connectivity index (χ3v) is 1.90. The Kier molecular flexibility index (Phi) is 4.34. The van der Waals surface area contributed by atoms with E-state index in [1.165, 1.54) is 6.07 Å². The van der Waals surface area contributed by atoms with Crippen LogP contribution >= 0.6 is 0 Å². The molecule has 0 aliphatic rings. The van der Waals surface area contributed by atoms with Crippen molar-refractivity contribution in [2.45, 2.75) is 13.0 Å². The van der Waals surface area contributed by atoms with E-state index in [-0.39, 0.29) is 0 Å². The second-order valence-corrected chi connectivity index (χ2v) is 3.16. The molecule has 1 aromatic rings. The second-order valence-electron chi connectivity index (χ2n) is 3.16. The van der Waals surface area contributed by atoms with Crippen molar-refractivity contribution in [1.29, 1.82) is 5.26 Å². The fraction of sp³-hybridized carbons (Fsp3) is 0.200. The minimum absolute atomic E-state index is 0.468. The molecular formula is C10H4F5NO4. The predicted octanol–water partition coefficient (Wildman–Crippen LogP) is 2.76. The minimum Gasteiger partial charge on any atom is -0.478 e. The Balaban J connectivity index is 3.46. The van der Waals surface area contributed by atoms with Crippen molar-refractivity contribution in [1.82, 2.24) is 0 Å². The Morgan fingerprint density at radius 1 is 1.35 bits per heavy atom. The average molecular weight is 297 g/mol. The highest BCUT2D eigenvalue weighted by Gasteiger charge is 2.34. The summed E-state index contributed by atoms with van der Waals surface area (Å²) in [7, 11) is 0. The van der Waals surface area contributed by atoms with E-state index < -0.39 is 41.6 Å². The Hall–Kier alpha value is -2.57. The van der Waals surface area contributed by atoms with Crippen LogP contribution in [-0.2, 0) is 0 Å². The van der Waals surface area contributed by atoms with Crippen LogP contribution < -0.4 is 9.47 Å². The van der Waals surface area contributed by atoms with Gasteiger partial charge in [-0.2, -0.15) is 14.0 Å². The van der Waals surface area contributed by atoms with Crippen LogP contribution in [0.5, 0.6) is 11.5 Å². The van der Waals surface area contributed by atoms with E-state index in [1.807, 2.05) is 0 Å². The maximum absolute atomic E-state index is 12.2. The monoisotopic (exact) mass is 297 g/mol. The van der Waals surface area contributed by atoms with Gasteiger partial charge in [0, 0.05) is 0 Å². The molecule has 0 aliphatic heterocycles. The first-order valence-corrected chi connectivity index (χ1v) is 4.66. The fourth-order valence-corrected chi connectivity index (χ4v) is 1.26. The van der Waals surface area contributed by atoms with Gasteiger partial charge in [-0.3, -0.25) is 0 Å². The van der Waals surface area contributed by atoms with Crippen LogP contribution in [0.15, 0.2) is 12.1 Å². The Bertz CT molecular complexity index is 564. The average Bonchev–Trinajstić information content (AvgIpc) is 2.28. The van der Waals surface area contributed by atoms with E-state index in [0.29, 0.717) is 12.1 Å². The molecular weight excluding hydrogens is 293 g/mol. The van der Waals surface area contributed by atoms with Gasteiger partial charge in [0.15, 0.2) is 11.5 Å². The van der Waals surface area contributed by atoms with Crippen LogP contribution in [0.4, 0.5) is 22.0 Å². The van der Waals surface area contributed by atoms with Crippen LogP contribution in [-0.4, -0.2) is 24.0 Å². The van der Waals surface area contributed by atoms with Gasteiger partial charge < -0.3 is 14.6 Å². The van der Waals surface area contributed by atoms with Crippen molar-refractivity contribution in [3.8, 4) is 17.6 Å². The van der Waals surface area contributed by atoms with Gasteiger partial charge in [0.25, 0.3) is 0 Å². The van der Waals surface area contributed by atoms with Gasteiger partial charge in [-0.05, 0) is 12.1 Å². The van der Waals surface area contributed by atoms with Crippen molar-refractivity contribution in [2.75, 3.05) is 0 Å². The number of nitrogens with zero attached hydrogens (tertiary/aromatic N) is 1. The zero-order valence-electron chi connectivity index (χ0n) is 9.24. The fourth-order valence-electron chi connectivity index (χ4n) is 1.26. The minimum atomic E-state index is -5.22. The number of carbonyl (C=O) groups is 1. The maximum atomic E-state index is 12.2. The van der Waals surface area contributed by atoms with Crippen LogP contribution in [0.1, 0.15) is 15.9 Å². The lowest BCUT2D eigenvalue weighted by atomic mass is 10.1. The molecule has 20 heavy (non-hydrogen) atoms. The van der Waals surface area contributed by atoms with Gasteiger partial charge in [-0.25, -0.2) is 4.79 Å². The smallest absolute Gasteiger partial charge is 0.478 e. The topological polar surface area (TPSA) is 79.6 Å². The van der Waals surface area contributed by atoms with Crippen LogP contribution in [0, 0.1) is 11.3 Å². The Morgan fingerprint density at radius 3 is 2.35 bits per heavy atom. The van der Waals surface area contributed by atoms with E-state index in [9.17, 15) is 26.7 Å². The van der Waals surface area contributed by atoms with Crippen molar-refractivity contribution in [3.63, 3.8) is 0 Å². The van der Waals surface area contributed by atoms with E-state index in [2.05, 4.69) is 9.47 Å². The maximum Gasteiger partial charge on any atom is 0.573 e. The van der Waals surface area contributed by atoms with Gasteiger partial charge in [0.05, 0.1) is 5.56 Å². The summed E-state index contributed by atoms with van der Waals surface area (Å²) in [5.41, 5.74) is -1.79. The quantitative estimate of drug-likeness (QED) is 0.864. The molecule has 1 N–H and O–H groups in total. The predicted molar refractivity (Wildman–Crippen MR) is 51.4 cm³/mol. The molecule has 0 amide bonds. The van der Waals surface area contributed by atoms with Crippen LogP contribution in [0.3, 0.4) is 0 Å². The summed E-state index contributed by atoms with van der Waals surface area (Å²) in [6.07, 6.45) is -5.22.